The first kappa shape index (κ1) is 27.4. The van der Waals surface area contributed by atoms with Crippen molar-refractivity contribution >= 4 is 29.1 Å². The molecule has 5 atom stereocenters. The van der Waals surface area contributed by atoms with Crippen LogP contribution < -0.4 is 10.6 Å². The molecule has 1 aliphatic rings. The Morgan fingerprint density at radius 3 is 2.46 bits per heavy atom. The van der Waals surface area contributed by atoms with Crippen LogP contribution in [0.1, 0.15) is 50.7 Å². The van der Waals surface area contributed by atoms with Crippen molar-refractivity contribution in [1.29, 1.82) is 5.26 Å². The number of hydrogen-bond acceptors (Lipinski definition) is 5. The van der Waals surface area contributed by atoms with Gasteiger partial charge in [-0.15, -0.1) is 0 Å². The van der Waals surface area contributed by atoms with Gasteiger partial charge in [0.15, 0.2) is 0 Å². The maximum absolute atomic E-state index is 13.5. The van der Waals surface area contributed by atoms with Gasteiger partial charge in [-0.05, 0) is 53.6 Å². The van der Waals surface area contributed by atoms with Gasteiger partial charge in [-0.1, -0.05) is 68.2 Å². The van der Waals surface area contributed by atoms with E-state index in [1.54, 1.807) is 18.2 Å². The molecule has 8 heteroatoms. The lowest BCUT2D eigenvalue weighted by Gasteiger charge is -2.37. The predicted molar refractivity (Wildman–Crippen MR) is 138 cm³/mol. The molecule has 0 saturated carbocycles. The molecular formula is C27H33Cl2N3O3. The van der Waals surface area contributed by atoms with Crippen molar-refractivity contribution in [2.75, 3.05) is 13.2 Å². The fraction of sp³-hybridized carbons (Fsp3) is 0.481. The molecule has 188 valence electrons. The second-order valence-corrected chi connectivity index (χ2v) is 11.3. The van der Waals surface area contributed by atoms with E-state index in [4.69, 9.17) is 28.3 Å². The Bertz CT molecular complexity index is 1060. The van der Waals surface area contributed by atoms with Gasteiger partial charge in [-0.3, -0.25) is 4.79 Å². The Balaban J connectivity index is 2.14. The zero-order valence-electron chi connectivity index (χ0n) is 20.3. The Hall–Kier alpha value is -2.14. The van der Waals surface area contributed by atoms with Crippen LogP contribution >= 0.6 is 23.2 Å². The van der Waals surface area contributed by atoms with Gasteiger partial charge < -0.3 is 20.8 Å². The van der Waals surface area contributed by atoms with E-state index in [0.29, 0.717) is 16.5 Å². The molecule has 0 radical (unpaired) electrons. The van der Waals surface area contributed by atoms with Gasteiger partial charge >= 0.3 is 0 Å². The van der Waals surface area contributed by atoms with Crippen LogP contribution in [0.4, 0.5) is 0 Å². The lowest BCUT2D eigenvalue weighted by atomic mass is 9.63. The van der Waals surface area contributed by atoms with Crippen molar-refractivity contribution in [3.8, 4) is 6.07 Å². The van der Waals surface area contributed by atoms with Crippen LogP contribution in [0.25, 0.3) is 0 Å². The standard InChI is InChI=1S/C27H33Cl2N3O3/c1-26(2,3)14-22-27(16-30,18-7-9-19(28)10-8-18)23(17-5-4-6-20(29)13-17)24(32-22)25(35)31-12-11-21(34)15-33/h4-10,13,21-24,32-34H,11-12,14-15H2,1-3H3,(H,31,35)/t21-,22-,23-,24+,27?/m0/s1. The number of nitrogens with one attached hydrogen (secondary N) is 2. The molecule has 0 aliphatic carbocycles. The number of amides is 1. The van der Waals surface area contributed by atoms with E-state index in [2.05, 4.69) is 37.5 Å². The number of nitriles is 1. The molecule has 1 amide bonds. The van der Waals surface area contributed by atoms with E-state index >= 15 is 0 Å². The third kappa shape index (κ3) is 6.17. The van der Waals surface area contributed by atoms with Gasteiger partial charge in [-0.2, -0.15) is 5.26 Å². The van der Waals surface area contributed by atoms with Crippen LogP contribution in [0.5, 0.6) is 0 Å². The van der Waals surface area contributed by atoms with Crippen LogP contribution in [0.3, 0.4) is 0 Å². The van der Waals surface area contributed by atoms with Crippen LogP contribution in [-0.4, -0.2) is 47.5 Å². The van der Waals surface area contributed by atoms with Crippen LogP contribution in [-0.2, 0) is 10.2 Å². The fourth-order valence-electron chi connectivity index (χ4n) is 5.02. The lowest BCUT2D eigenvalue weighted by Crippen LogP contribution is -2.46. The summed E-state index contributed by atoms with van der Waals surface area (Å²) in [7, 11) is 0. The molecule has 1 heterocycles. The first-order chi connectivity index (χ1) is 16.5. The maximum Gasteiger partial charge on any atom is 0.237 e. The Labute approximate surface area is 217 Å². The summed E-state index contributed by atoms with van der Waals surface area (Å²) in [5.41, 5.74) is 0.368. The topological polar surface area (TPSA) is 105 Å². The van der Waals surface area contributed by atoms with Gasteiger partial charge in [-0.25, -0.2) is 0 Å². The molecule has 6 nitrogen and oxygen atoms in total. The first-order valence-electron chi connectivity index (χ1n) is 11.8. The molecule has 1 fully saturated rings. The highest BCUT2D eigenvalue weighted by Gasteiger charge is 2.59. The number of aliphatic hydroxyl groups is 2. The van der Waals surface area contributed by atoms with E-state index in [1.165, 1.54) is 0 Å². The van der Waals surface area contributed by atoms with Crippen molar-refractivity contribution in [3.05, 3.63) is 69.7 Å². The predicted octanol–water partition coefficient (Wildman–Crippen LogP) is 4.17. The molecule has 1 aliphatic heterocycles. The SMILES string of the molecule is CC(C)(C)C[C@@H]1N[C@@H](C(=O)NCC[C@H](O)CO)[C@H](c2cccc(Cl)c2)C1(C#N)c1ccc(Cl)cc1. The van der Waals surface area contributed by atoms with Crippen LogP contribution in [0.2, 0.25) is 10.0 Å². The molecule has 2 aromatic rings. The van der Waals surface area contributed by atoms with Gasteiger partial charge in [0.25, 0.3) is 0 Å². The maximum atomic E-state index is 13.5. The number of carbonyl (C=O) groups excluding carboxylic acids is 1. The third-order valence-electron chi connectivity index (χ3n) is 6.56. The van der Waals surface area contributed by atoms with Gasteiger partial charge in [0, 0.05) is 28.5 Å². The molecule has 2 aromatic carbocycles. The summed E-state index contributed by atoms with van der Waals surface area (Å²) in [6, 6.07) is 16.1. The summed E-state index contributed by atoms with van der Waals surface area (Å²) in [4.78, 5) is 13.5. The molecule has 35 heavy (non-hydrogen) atoms. The minimum absolute atomic E-state index is 0.123. The number of carbonyl (C=O) groups is 1. The molecular weight excluding hydrogens is 485 g/mol. The number of nitrogens with zero attached hydrogens (tertiary/aromatic N) is 1. The zero-order valence-corrected chi connectivity index (χ0v) is 21.8. The molecule has 4 N–H and O–H groups in total. The van der Waals surface area contributed by atoms with Crippen molar-refractivity contribution < 1.29 is 15.0 Å². The number of aliphatic hydroxyl groups excluding tert-OH is 2. The number of hydrogen-bond donors (Lipinski definition) is 4. The summed E-state index contributed by atoms with van der Waals surface area (Å²) in [6.07, 6.45) is -0.0350. The molecule has 1 saturated heterocycles. The Morgan fingerprint density at radius 2 is 1.89 bits per heavy atom. The number of benzene rings is 2. The van der Waals surface area contributed by atoms with E-state index < -0.39 is 23.5 Å². The summed E-state index contributed by atoms with van der Waals surface area (Å²) in [6.45, 7) is 6.15. The molecule has 0 spiro atoms. The van der Waals surface area contributed by atoms with Crippen LogP contribution in [0, 0.1) is 16.7 Å². The van der Waals surface area contributed by atoms with Gasteiger partial charge in [0.2, 0.25) is 5.91 Å². The lowest BCUT2D eigenvalue weighted by molar-refractivity contribution is -0.123. The second-order valence-electron chi connectivity index (χ2n) is 10.4. The Morgan fingerprint density at radius 1 is 1.20 bits per heavy atom. The van der Waals surface area contributed by atoms with E-state index in [1.807, 2.05) is 30.3 Å². The van der Waals surface area contributed by atoms with Crippen LogP contribution in [0.15, 0.2) is 48.5 Å². The monoisotopic (exact) mass is 517 g/mol. The highest BCUT2D eigenvalue weighted by Crippen LogP contribution is 2.51. The smallest absolute Gasteiger partial charge is 0.237 e. The minimum Gasteiger partial charge on any atom is -0.394 e. The highest BCUT2D eigenvalue weighted by atomic mass is 35.5. The van der Waals surface area contributed by atoms with E-state index in [9.17, 15) is 15.2 Å². The molecule has 3 rings (SSSR count). The van der Waals surface area contributed by atoms with Gasteiger partial charge in [0.1, 0.15) is 5.41 Å². The van der Waals surface area contributed by atoms with Crippen molar-refractivity contribution in [3.63, 3.8) is 0 Å². The van der Waals surface area contributed by atoms with E-state index in [0.717, 1.165) is 11.1 Å². The quantitative estimate of drug-likeness (QED) is 0.420. The number of halogens is 2. The average Bonchev–Trinajstić information content (AvgIpc) is 3.12. The summed E-state index contributed by atoms with van der Waals surface area (Å²) < 4.78 is 0. The zero-order chi connectivity index (χ0) is 25.8. The van der Waals surface area contributed by atoms with Crippen molar-refractivity contribution in [2.24, 2.45) is 5.41 Å². The molecule has 1 unspecified atom stereocenters. The average molecular weight is 518 g/mol. The Kier molecular flexibility index (Phi) is 8.85. The largest absolute Gasteiger partial charge is 0.394 e. The highest BCUT2D eigenvalue weighted by molar-refractivity contribution is 6.30. The minimum atomic E-state index is -1.07. The van der Waals surface area contributed by atoms with Crippen molar-refractivity contribution in [1.82, 2.24) is 10.6 Å². The second kappa shape index (κ2) is 11.3. The molecule has 0 bridgehead atoms. The van der Waals surface area contributed by atoms with Crippen molar-refractivity contribution in [2.45, 2.75) is 63.1 Å². The summed E-state index contributed by atoms with van der Waals surface area (Å²) in [5.74, 6) is -0.812. The number of rotatable bonds is 8. The van der Waals surface area contributed by atoms with E-state index in [-0.39, 0.29) is 36.9 Å². The van der Waals surface area contributed by atoms with Gasteiger partial charge in [0.05, 0.1) is 24.8 Å². The summed E-state index contributed by atoms with van der Waals surface area (Å²) >= 11 is 12.5. The normalized spacial score (nSPS) is 25.1. The summed E-state index contributed by atoms with van der Waals surface area (Å²) in [5, 5.41) is 37.1. The third-order valence-corrected chi connectivity index (χ3v) is 7.04. The fourth-order valence-corrected chi connectivity index (χ4v) is 5.35. The first-order valence-corrected chi connectivity index (χ1v) is 12.5. The molecule has 0 aromatic heterocycles.